The molecule has 1 aromatic heterocycles. The molecule has 2 heteroatoms. The Kier molecular flexibility index (Phi) is 7.23. The van der Waals surface area contributed by atoms with Gasteiger partial charge in [-0.25, -0.2) is 0 Å². The molecule has 2 nitrogen and oxygen atoms in total. The van der Waals surface area contributed by atoms with E-state index in [2.05, 4.69) is 105 Å². The van der Waals surface area contributed by atoms with Crippen LogP contribution in [0.15, 0.2) is 217 Å². The number of anilines is 3. The van der Waals surface area contributed by atoms with Gasteiger partial charge in [0.15, 0.2) is 0 Å². The summed E-state index contributed by atoms with van der Waals surface area (Å²) in [6, 6.07) is 63.2. The molecule has 0 spiro atoms. The van der Waals surface area contributed by atoms with E-state index in [1.807, 2.05) is 102 Å². The van der Waals surface area contributed by atoms with Crippen molar-refractivity contribution in [1.82, 2.24) is 0 Å². The van der Waals surface area contributed by atoms with Crippen LogP contribution in [0.5, 0.6) is 0 Å². The summed E-state index contributed by atoms with van der Waals surface area (Å²) >= 11 is 0. The summed E-state index contributed by atoms with van der Waals surface area (Å²) in [6.45, 7) is 4.35. The molecule has 1 aliphatic carbocycles. The molecule has 0 saturated carbocycles. The molecule has 280 valence electrons. The van der Waals surface area contributed by atoms with Crippen molar-refractivity contribution in [3.05, 3.63) is 223 Å². The van der Waals surface area contributed by atoms with Crippen molar-refractivity contribution in [2.24, 2.45) is 0 Å². The maximum Gasteiger partial charge on any atom is 0.136 e. The molecule has 59 heavy (non-hydrogen) atoms. The third-order valence-corrected chi connectivity index (χ3v) is 12.0. The zero-order chi connectivity index (χ0) is 43.0. The van der Waals surface area contributed by atoms with E-state index in [1.165, 1.54) is 5.56 Å². The van der Waals surface area contributed by atoms with Gasteiger partial charge < -0.3 is 9.32 Å². The number of rotatable bonds is 7. The average Bonchev–Trinajstić information content (AvgIpc) is 3.83. The molecule has 0 N–H and O–H groups in total. The highest BCUT2D eigenvalue weighted by molar-refractivity contribution is 6.12. The van der Waals surface area contributed by atoms with E-state index in [-0.39, 0.29) is 29.9 Å². The Balaban J connectivity index is 1.05. The standard InChI is InChI=1S/C57H41NO/c1-57(2)52-19-8-6-14-49(52)50-18-10-17-48(56(50)57)43-30-36-46(37-31-43)58(44-32-26-41(27-33-44)40-24-22-39(23-25-40)38-12-4-3-5-13-38)45-34-28-42(29-35-45)47-16-11-21-54-55(47)51-15-7-9-20-53(51)59-54/h3-37H,1-2H3/i30D,31D,36D,37D. The van der Waals surface area contributed by atoms with Gasteiger partial charge in [0.25, 0.3) is 0 Å². The van der Waals surface area contributed by atoms with Gasteiger partial charge in [0.2, 0.25) is 0 Å². The van der Waals surface area contributed by atoms with E-state index < -0.39 is 5.41 Å². The first-order chi connectivity index (χ1) is 30.7. The van der Waals surface area contributed by atoms with E-state index in [4.69, 9.17) is 4.42 Å². The second kappa shape index (κ2) is 13.9. The highest BCUT2D eigenvalue weighted by atomic mass is 16.3. The van der Waals surface area contributed by atoms with Gasteiger partial charge in [0, 0.05) is 33.2 Å². The molecule has 10 aromatic rings. The predicted octanol–water partition coefficient (Wildman–Crippen LogP) is 16.0. The summed E-state index contributed by atoms with van der Waals surface area (Å²) in [5.41, 5.74) is 14.6. The van der Waals surface area contributed by atoms with Crippen molar-refractivity contribution in [1.29, 1.82) is 0 Å². The average molecular weight is 760 g/mol. The number of furan rings is 1. The summed E-state index contributed by atoms with van der Waals surface area (Å²) in [4.78, 5) is 1.86. The van der Waals surface area contributed by atoms with Gasteiger partial charge in [-0.3, -0.25) is 0 Å². The zero-order valence-electron chi connectivity index (χ0n) is 36.8. The minimum Gasteiger partial charge on any atom is -0.456 e. The molecule has 9 aromatic carbocycles. The summed E-state index contributed by atoms with van der Waals surface area (Å²) in [6.07, 6.45) is 0. The van der Waals surface area contributed by atoms with Crippen LogP contribution in [-0.4, -0.2) is 0 Å². The summed E-state index contributed by atoms with van der Waals surface area (Å²) in [5.74, 6) is 0. The molecule has 0 fully saturated rings. The molecule has 1 aliphatic rings. The third-order valence-electron chi connectivity index (χ3n) is 12.0. The van der Waals surface area contributed by atoms with Gasteiger partial charge in [-0.2, -0.15) is 0 Å². The minimum atomic E-state index is -0.408. The second-order valence-electron chi connectivity index (χ2n) is 15.8. The molecule has 0 atom stereocenters. The largest absolute Gasteiger partial charge is 0.456 e. The number of para-hydroxylation sites is 1. The molecular weight excluding hydrogens is 715 g/mol. The number of fused-ring (bicyclic) bond motifs is 6. The second-order valence-corrected chi connectivity index (χ2v) is 15.8. The lowest BCUT2D eigenvalue weighted by atomic mass is 9.79. The van der Waals surface area contributed by atoms with Crippen LogP contribution in [0.25, 0.3) is 77.6 Å². The van der Waals surface area contributed by atoms with Crippen LogP contribution in [-0.2, 0) is 5.41 Å². The van der Waals surface area contributed by atoms with E-state index in [0.29, 0.717) is 16.9 Å². The van der Waals surface area contributed by atoms with Crippen LogP contribution in [0.4, 0.5) is 17.1 Å². The molecule has 1 heterocycles. The first-order valence-corrected chi connectivity index (χ1v) is 20.1. The van der Waals surface area contributed by atoms with Crippen LogP contribution in [0.1, 0.15) is 30.5 Å². The number of nitrogens with zero attached hydrogens (tertiary/aromatic N) is 1. The molecule has 0 bridgehead atoms. The Morgan fingerprint density at radius 3 is 1.61 bits per heavy atom. The number of hydrogen-bond acceptors (Lipinski definition) is 2. The van der Waals surface area contributed by atoms with Crippen molar-refractivity contribution < 1.29 is 9.90 Å². The lowest BCUT2D eigenvalue weighted by Gasteiger charge is -2.27. The van der Waals surface area contributed by atoms with Crippen LogP contribution in [0.3, 0.4) is 0 Å². The summed E-state index contributed by atoms with van der Waals surface area (Å²) < 4.78 is 45.0. The van der Waals surface area contributed by atoms with E-state index in [1.54, 1.807) is 0 Å². The normalized spacial score (nSPS) is 13.7. The Morgan fingerprint density at radius 1 is 0.390 bits per heavy atom. The van der Waals surface area contributed by atoms with Crippen LogP contribution in [0, 0.1) is 0 Å². The highest BCUT2D eigenvalue weighted by Crippen LogP contribution is 2.52. The minimum absolute atomic E-state index is 0.0820. The van der Waals surface area contributed by atoms with Gasteiger partial charge in [-0.05, 0) is 115 Å². The third kappa shape index (κ3) is 5.87. The van der Waals surface area contributed by atoms with Crippen LogP contribution < -0.4 is 4.90 Å². The summed E-state index contributed by atoms with van der Waals surface area (Å²) in [5, 5.41) is 2.09. The first kappa shape index (κ1) is 30.7. The number of hydrogen-bond donors (Lipinski definition) is 0. The van der Waals surface area contributed by atoms with E-state index in [0.717, 1.165) is 77.6 Å². The SMILES string of the molecule is [2H]c1c([2H])c(N(c2ccc(-c3ccc(-c4ccccc4)cc3)cc2)c2ccc(-c3cccc4oc5ccccc5c34)cc2)c([2H])c([2H])c1-c1cccc2c1C(C)(C)c1ccccc1-2. The van der Waals surface area contributed by atoms with Crippen LogP contribution >= 0.6 is 0 Å². The van der Waals surface area contributed by atoms with Crippen molar-refractivity contribution in [2.75, 3.05) is 4.90 Å². The van der Waals surface area contributed by atoms with Gasteiger partial charge in [-0.15, -0.1) is 0 Å². The fourth-order valence-electron chi connectivity index (χ4n) is 9.11. The van der Waals surface area contributed by atoms with Crippen molar-refractivity contribution in [3.8, 4) is 55.6 Å². The Labute approximate surface area is 350 Å². The predicted molar refractivity (Wildman–Crippen MR) is 248 cm³/mol. The number of benzene rings is 9. The maximum atomic E-state index is 9.73. The lowest BCUT2D eigenvalue weighted by Crippen LogP contribution is -2.16. The van der Waals surface area contributed by atoms with E-state index >= 15 is 0 Å². The molecule has 0 amide bonds. The van der Waals surface area contributed by atoms with Gasteiger partial charge in [0.1, 0.15) is 11.2 Å². The Hall–Kier alpha value is -7.42. The van der Waals surface area contributed by atoms with Gasteiger partial charge in [-0.1, -0.05) is 178 Å². The van der Waals surface area contributed by atoms with Crippen molar-refractivity contribution >= 4 is 39.0 Å². The first-order valence-electron chi connectivity index (χ1n) is 22.1. The van der Waals surface area contributed by atoms with Gasteiger partial charge >= 0.3 is 0 Å². The molecule has 0 saturated heterocycles. The highest BCUT2D eigenvalue weighted by Gasteiger charge is 2.37. The Morgan fingerprint density at radius 2 is 0.898 bits per heavy atom. The molecule has 0 radical (unpaired) electrons. The molecule has 11 rings (SSSR count). The quantitative estimate of drug-likeness (QED) is 0.161. The zero-order valence-corrected chi connectivity index (χ0v) is 32.8. The maximum absolute atomic E-state index is 9.73. The van der Waals surface area contributed by atoms with Crippen molar-refractivity contribution in [3.63, 3.8) is 0 Å². The topological polar surface area (TPSA) is 16.4 Å². The van der Waals surface area contributed by atoms with Crippen molar-refractivity contribution in [2.45, 2.75) is 19.3 Å². The molecule has 0 unspecified atom stereocenters. The monoisotopic (exact) mass is 759 g/mol. The fraction of sp³-hybridized carbons (Fsp3) is 0.0526. The summed E-state index contributed by atoms with van der Waals surface area (Å²) in [7, 11) is 0. The Bertz CT molecular complexity index is 3360. The smallest absolute Gasteiger partial charge is 0.136 e. The fourth-order valence-corrected chi connectivity index (χ4v) is 9.11. The molecular formula is C57H41NO. The van der Waals surface area contributed by atoms with Gasteiger partial charge in [0.05, 0.1) is 5.48 Å². The van der Waals surface area contributed by atoms with E-state index in [9.17, 15) is 5.48 Å². The molecule has 0 aliphatic heterocycles. The van der Waals surface area contributed by atoms with Crippen LogP contribution in [0.2, 0.25) is 0 Å². The lowest BCUT2D eigenvalue weighted by molar-refractivity contribution is 0.662.